The number of aliphatic hydroxyl groups is 1. The highest BCUT2D eigenvalue weighted by Gasteiger charge is 2.13. The minimum Gasteiger partial charge on any atom is -0.497 e. The Kier molecular flexibility index (Phi) is 6.67. The molecule has 1 rings (SSSR count). The van der Waals surface area contributed by atoms with Crippen molar-refractivity contribution in [1.82, 2.24) is 5.32 Å². The fraction of sp³-hybridized carbons (Fsp3) is 0.600. The highest BCUT2D eigenvalue weighted by atomic mass is 16.5. The lowest BCUT2D eigenvalue weighted by molar-refractivity contribution is 0.243. The van der Waals surface area contributed by atoms with E-state index in [9.17, 15) is 0 Å². The van der Waals surface area contributed by atoms with E-state index in [-0.39, 0.29) is 6.61 Å². The zero-order valence-electron chi connectivity index (χ0n) is 12.3. The van der Waals surface area contributed by atoms with E-state index in [1.807, 2.05) is 18.2 Å². The van der Waals surface area contributed by atoms with Crippen LogP contribution < -0.4 is 14.8 Å². The van der Waals surface area contributed by atoms with Gasteiger partial charge in [-0.25, -0.2) is 0 Å². The number of rotatable bonds is 8. The van der Waals surface area contributed by atoms with Crippen LogP contribution in [0.1, 0.15) is 25.8 Å². The number of benzene rings is 1. The monoisotopic (exact) mass is 267 g/mol. The molecule has 1 atom stereocenters. The van der Waals surface area contributed by atoms with Crippen LogP contribution in [0, 0.1) is 5.92 Å². The molecule has 0 aliphatic rings. The van der Waals surface area contributed by atoms with Crippen LogP contribution in [-0.2, 0) is 6.54 Å². The van der Waals surface area contributed by atoms with Gasteiger partial charge in [-0.05, 0) is 30.5 Å². The maximum absolute atomic E-state index is 9.08. The van der Waals surface area contributed by atoms with Gasteiger partial charge in [0.15, 0.2) is 0 Å². The third-order valence-electron chi connectivity index (χ3n) is 3.29. The van der Waals surface area contributed by atoms with E-state index < -0.39 is 0 Å². The third kappa shape index (κ3) is 4.73. The Morgan fingerprint density at radius 3 is 2.47 bits per heavy atom. The molecular weight excluding hydrogens is 242 g/mol. The van der Waals surface area contributed by atoms with Crippen molar-refractivity contribution in [2.24, 2.45) is 5.92 Å². The predicted octanol–water partition coefficient (Wildman–Crippen LogP) is 2.20. The van der Waals surface area contributed by atoms with Crippen molar-refractivity contribution >= 4 is 0 Å². The Morgan fingerprint density at radius 1 is 1.21 bits per heavy atom. The van der Waals surface area contributed by atoms with Crippen LogP contribution in [0.3, 0.4) is 0 Å². The number of methoxy groups -OCH3 is 2. The summed E-state index contributed by atoms with van der Waals surface area (Å²) in [7, 11) is 3.32. The lowest BCUT2D eigenvalue weighted by Gasteiger charge is -2.22. The summed E-state index contributed by atoms with van der Waals surface area (Å²) in [5.74, 6) is 2.14. The first-order valence-corrected chi connectivity index (χ1v) is 6.67. The molecule has 2 N–H and O–H groups in total. The van der Waals surface area contributed by atoms with Crippen molar-refractivity contribution in [3.05, 3.63) is 23.8 Å². The zero-order valence-corrected chi connectivity index (χ0v) is 12.3. The van der Waals surface area contributed by atoms with Gasteiger partial charge >= 0.3 is 0 Å². The van der Waals surface area contributed by atoms with Crippen molar-refractivity contribution < 1.29 is 14.6 Å². The molecule has 1 aromatic rings. The maximum atomic E-state index is 9.08. The predicted molar refractivity (Wildman–Crippen MR) is 76.7 cm³/mol. The summed E-state index contributed by atoms with van der Waals surface area (Å²) in [6.07, 6.45) is 0.754. The largest absolute Gasteiger partial charge is 0.497 e. The number of aliphatic hydroxyl groups excluding tert-OH is 1. The molecule has 108 valence electrons. The van der Waals surface area contributed by atoms with Gasteiger partial charge < -0.3 is 19.9 Å². The fourth-order valence-corrected chi connectivity index (χ4v) is 2.07. The SMILES string of the molecule is COc1ccc(OC)c(CNC(CCO)C(C)C)c1. The van der Waals surface area contributed by atoms with E-state index in [4.69, 9.17) is 14.6 Å². The third-order valence-corrected chi connectivity index (χ3v) is 3.29. The fourth-order valence-electron chi connectivity index (χ4n) is 2.07. The summed E-state index contributed by atoms with van der Waals surface area (Å²) in [5.41, 5.74) is 1.06. The van der Waals surface area contributed by atoms with Crippen LogP contribution in [0.2, 0.25) is 0 Å². The van der Waals surface area contributed by atoms with E-state index in [2.05, 4.69) is 19.2 Å². The van der Waals surface area contributed by atoms with Gasteiger partial charge in [0.1, 0.15) is 11.5 Å². The standard InChI is InChI=1S/C15H25NO3/c1-11(2)14(7-8-17)16-10-12-9-13(18-3)5-6-15(12)19-4/h5-6,9,11,14,16-17H,7-8,10H2,1-4H3. The van der Waals surface area contributed by atoms with Gasteiger partial charge in [-0.1, -0.05) is 13.8 Å². The molecule has 0 saturated heterocycles. The van der Waals surface area contributed by atoms with E-state index in [0.29, 0.717) is 18.5 Å². The van der Waals surface area contributed by atoms with Crippen LogP contribution in [0.25, 0.3) is 0 Å². The van der Waals surface area contributed by atoms with Crippen molar-refractivity contribution in [3.8, 4) is 11.5 Å². The van der Waals surface area contributed by atoms with Crippen LogP contribution >= 0.6 is 0 Å². The zero-order chi connectivity index (χ0) is 14.3. The number of ether oxygens (including phenoxy) is 2. The normalized spacial score (nSPS) is 12.5. The molecule has 1 unspecified atom stereocenters. The first kappa shape index (κ1) is 15.8. The van der Waals surface area contributed by atoms with Crippen LogP contribution in [-0.4, -0.2) is 32.0 Å². The minimum absolute atomic E-state index is 0.199. The van der Waals surface area contributed by atoms with Crippen molar-refractivity contribution in [1.29, 1.82) is 0 Å². The molecule has 19 heavy (non-hydrogen) atoms. The van der Waals surface area contributed by atoms with Gasteiger partial charge in [0.2, 0.25) is 0 Å². The van der Waals surface area contributed by atoms with Crippen LogP contribution in [0.15, 0.2) is 18.2 Å². The number of hydrogen-bond donors (Lipinski definition) is 2. The Hall–Kier alpha value is -1.26. The Morgan fingerprint density at radius 2 is 1.95 bits per heavy atom. The van der Waals surface area contributed by atoms with E-state index >= 15 is 0 Å². The molecule has 0 aliphatic heterocycles. The van der Waals surface area contributed by atoms with Crippen LogP contribution in [0.4, 0.5) is 0 Å². The summed E-state index contributed by atoms with van der Waals surface area (Å²) in [6.45, 7) is 5.20. The molecule has 0 amide bonds. The number of nitrogens with one attached hydrogen (secondary N) is 1. The molecule has 4 nitrogen and oxygen atoms in total. The molecule has 0 heterocycles. The summed E-state index contributed by atoms with van der Waals surface area (Å²) in [5, 5.41) is 12.5. The van der Waals surface area contributed by atoms with E-state index in [0.717, 1.165) is 23.5 Å². The molecule has 1 aromatic carbocycles. The van der Waals surface area contributed by atoms with Gasteiger partial charge in [0, 0.05) is 24.8 Å². The molecule has 0 aromatic heterocycles. The summed E-state index contributed by atoms with van der Waals surface area (Å²) in [6, 6.07) is 6.06. The van der Waals surface area contributed by atoms with Gasteiger partial charge in [-0.2, -0.15) is 0 Å². The highest BCUT2D eigenvalue weighted by molar-refractivity contribution is 5.40. The second kappa shape index (κ2) is 8.02. The molecule has 0 saturated carbocycles. The van der Waals surface area contributed by atoms with Gasteiger partial charge in [-0.3, -0.25) is 0 Å². The average Bonchev–Trinajstić information content (AvgIpc) is 2.42. The molecule has 0 fully saturated rings. The topological polar surface area (TPSA) is 50.7 Å². The van der Waals surface area contributed by atoms with Gasteiger partial charge in [-0.15, -0.1) is 0 Å². The smallest absolute Gasteiger partial charge is 0.123 e. The number of hydrogen-bond acceptors (Lipinski definition) is 4. The summed E-state index contributed by atoms with van der Waals surface area (Å²) >= 11 is 0. The summed E-state index contributed by atoms with van der Waals surface area (Å²) < 4.78 is 10.6. The maximum Gasteiger partial charge on any atom is 0.123 e. The average molecular weight is 267 g/mol. The lowest BCUT2D eigenvalue weighted by Crippen LogP contribution is -2.34. The Labute approximate surface area is 115 Å². The minimum atomic E-state index is 0.199. The Balaban J connectivity index is 2.74. The molecule has 0 radical (unpaired) electrons. The first-order valence-electron chi connectivity index (χ1n) is 6.67. The lowest BCUT2D eigenvalue weighted by atomic mass is 10.0. The van der Waals surface area contributed by atoms with Crippen LogP contribution in [0.5, 0.6) is 11.5 Å². The Bertz CT molecular complexity index is 380. The van der Waals surface area contributed by atoms with Crippen molar-refractivity contribution in [2.75, 3.05) is 20.8 Å². The molecule has 0 bridgehead atoms. The molecule has 0 spiro atoms. The quantitative estimate of drug-likeness (QED) is 0.758. The second-order valence-corrected chi connectivity index (χ2v) is 4.92. The molecule has 4 heteroatoms. The molecule has 0 aliphatic carbocycles. The summed E-state index contributed by atoms with van der Waals surface area (Å²) in [4.78, 5) is 0. The van der Waals surface area contributed by atoms with E-state index in [1.54, 1.807) is 14.2 Å². The first-order chi connectivity index (χ1) is 9.12. The van der Waals surface area contributed by atoms with Crippen molar-refractivity contribution in [3.63, 3.8) is 0 Å². The van der Waals surface area contributed by atoms with E-state index in [1.165, 1.54) is 0 Å². The van der Waals surface area contributed by atoms with Gasteiger partial charge in [0.25, 0.3) is 0 Å². The van der Waals surface area contributed by atoms with Crippen molar-refractivity contribution in [2.45, 2.75) is 32.9 Å². The van der Waals surface area contributed by atoms with Gasteiger partial charge in [0.05, 0.1) is 14.2 Å². The molecular formula is C15H25NO3. The highest BCUT2D eigenvalue weighted by Crippen LogP contribution is 2.24. The second-order valence-electron chi connectivity index (χ2n) is 4.92.